The van der Waals surface area contributed by atoms with Crippen LogP contribution in [0.4, 0.5) is 0 Å². The van der Waals surface area contributed by atoms with E-state index >= 15 is 0 Å². The highest BCUT2D eigenvalue weighted by Gasteiger charge is 2.19. The molecule has 0 radical (unpaired) electrons. The van der Waals surface area contributed by atoms with Crippen molar-refractivity contribution < 1.29 is 4.42 Å². The summed E-state index contributed by atoms with van der Waals surface area (Å²) in [4.78, 5) is 22.2. The molecule has 0 aliphatic rings. The fourth-order valence-corrected chi connectivity index (χ4v) is 5.67. The Morgan fingerprint density at radius 1 is 1.20 bits per heavy atom. The summed E-state index contributed by atoms with van der Waals surface area (Å²) in [6.07, 6.45) is 0. The summed E-state index contributed by atoms with van der Waals surface area (Å²) in [5.41, 5.74) is 1.54. The van der Waals surface area contributed by atoms with Crippen LogP contribution in [0.5, 0.6) is 0 Å². The fraction of sp³-hybridized carbons (Fsp3) is 0.100. The van der Waals surface area contributed by atoms with Crippen molar-refractivity contribution >= 4 is 56.3 Å². The molecule has 1 aromatic carbocycles. The molecule has 5 rings (SSSR count). The quantitative estimate of drug-likeness (QED) is 0.303. The molecule has 10 heteroatoms. The summed E-state index contributed by atoms with van der Waals surface area (Å²) >= 11 is 10.4. The maximum absolute atomic E-state index is 12.8. The van der Waals surface area contributed by atoms with Gasteiger partial charge in [-0.15, -0.1) is 32.9 Å². The first-order valence-electron chi connectivity index (χ1n) is 8.90. The Kier molecular flexibility index (Phi) is 5.20. The third-order valence-corrected chi connectivity index (χ3v) is 7.34. The number of hydrogen-bond donors (Lipinski definition) is 1. The topological polar surface area (TPSA) is 84.7 Å². The Morgan fingerprint density at radius 3 is 2.90 bits per heavy atom. The number of benzene rings is 1. The van der Waals surface area contributed by atoms with Crippen LogP contribution in [0.3, 0.4) is 0 Å². The zero-order valence-corrected chi connectivity index (χ0v) is 18.7. The number of thioether (sulfide) groups is 1. The molecule has 150 valence electrons. The number of H-pyrrole nitrogens is 1. The molecule has 0 fully saturated rings. The van der Waals surface area contributed by atoms with Gasteiger partial charge in [0, 0.05) is 26.4 Å². The van der Waals surface area contributed by atoms with Crippen LogP contribution in [0.2, 0.25) is 5.02 Å². The van der Waals surface area contributed by atoms with E-state index in [0.717, 1.165) is 20.8 Å². The highest BCUT2D eigenvalue weighted by molar-refractivity contribution is 7.99. The molecule has 30 heavy (non-hydrogen) atoms. The minimum absolute atomic E-state index is 0.141. The van der Waals surface area contributed by atoms with Crippen molar-refractivity contribution in [2.75, 3.05) is 0 Å². The van der Waals surface area contributed by atoms with Gasteiger partial charge in [-0.3, -0.25) is 4.79 Å². The second kappa shape index (κ2) is 7.99. The number of aromatic nitrogens is 4. The van der Waals surface area contributed by atoms with Crippen LogP contribution >= 0.6 is 46.0 Å². The fourth-order valence-electron chi connectivity index (χ4n) is 2.97. The van der Waals surface area contributed by atoms with Gasteiger partial charge in [0.2, 0.25) is 5.89 Å². The molecule has 1 N–H and O–H groups in total. The third-order valence-electron chi connectivity index (χ3n) is 4.39. The number of hydrogen-bond acceptors (Lipinski definition) is 8. The molecule has 1 unspecified atom stereocenters. The van der Waals surface area contributed by atoms with Gasteiger partial charge < -0.3 is 9.40 Å². The van der Waals surface area contributed by atoms with Gasteiger partial charge in [0.15, 0.2) is 0 Å². The van der Waals surface area contributed by atoms with Crippen molar-refractivity contribution in [3.05, 3.63) is 68.4 Å². The Labute approximate surface area is 188 Å². The van der Waals surface area contributed by atoms with Gasteiger partial charge in [-0.2, -0.15) is 0 Å². The number of thiophene rings is 2. The summed E-state index contributed by atoms with van der Waals surface area (Å²) in [6, 6.07) is 11.2. The van der Waals surface area contributed by atoms with E-state index in [9.17, 15) is 4.79 Å². The van der Waals surface area contributed by atoms with Crippen LogP contribution in [0, 0.1) is 0 Å². The van der Waals surface area contributed by atoms with E-state index in [2.05, 4.69) is 20.2 Å². The van der Waals surface area contributed by atoms with E-state index in [1.54, 1.807) is 23.5 Å². The van der Waals surface area contributed by atoms with Crippen molar-refractivity contribution in [2.45, 2.75) is 17.4 Å². The van der Waals surface area contributed by atoms with Crippen LogP contribution in [0.15, 0.2) is 61.6 Å². The maximum Gasteiger partial charge on any atom is 0.277 e. The Morgan fingerprint density at radius 2 is 2.10 bits per heavy atom. The van der Waals surface area contributed by atoms with Gasteiger partial charge in [-0.05, 0) is 36.6 Å². The van der Waals surface area contributed by atoms with Gasteiger partial charge in [0.25, 0.3) is 10.8 Å². The molecular formula is C20H13ClN4O2S3. The molecule has 0 aliphatic carbocycles. The average molecular weight is 473 g/mol. The standard InChI is InChI=1S/C20H13ClN4O2S3/c1-10(30-20-25-24-18(27-20)11-4-2-5-12(21)8-11)16-22-17(26)15-13(9-29-19(15)23-16)14-6-3-7-28-14/h2-10H,1H3,(H,22,23,26). The van der Waals surface area contributed by atoms with Gasteiger partial charge in [-0.1, -0.05) is 35.5 Å². The molecule has 5 aromatic rings. The van der Waals surface area contributed by atoms with Crippen LogP contribution in [-0.2, 0) is 0 Å². The minimum atomic E-state index is -0.179. The Hall–Kier alpha value is -2.46. The second-order valence-electron chi connectivity index (χ2n) is 6.40. The lowest BCUT2D eigenvalue weighted by molar-refractivity contribution is 0.465. The lowest BCUT2D eigenvalue weighted by Crippen LogP contribution is -2.12. The summed E-state index contributed by atoms with van der Waals surface area (Å²) in [6.45, 7) is 1.94. The lowest BCUT2D eigenvalue weighted by Gasteiger charge is -2.07. The van der Waals surface area contributed by atoms with Crippen molar-refractivity contribution in [2.24, 2.45) is 0 Å². The number of halogens is 1. The number of fused-ring (bicyclic) bond motifs is 1. The molecule has 4 heterocycles. The smallest absolute Gasteiger partial charge is 0.277 e. The normalized spacial score (nSPS) is 12.5. The number of nitrogens with one attached hydrogen (secondary N) is 1. The van der Waals surface area contributed by atoms with Crippen molar-refractivity contribution in [1.82, 2.24) is 20.2 Å². The zero-order valence-electron chi connectivity index (χ0n) is 15.5. The lowest BCUT2D eigenvalue weighted by atomic mass is 10.2. The molecule has 0 spiro atoms. The molecule has 1 atom stereocenters. The Bertz CT molecular complexity index is 1390. The van der Waals surface area contributed by atoms with E-state index in [4.69, 9.17) is 16.0 Å². The van der Waals surface area contributed by atoms with Gasteiger partial charge in [0.05, 0.1) is 10.6 Å². The van der Waals surface area contributed by atoms with E-state index in [0.29, 0.717) is 27.3 Å². The minimum Gasteiger partial charge on any atom is -0.411 e. The summed E-state index contributed by atoms with van der Waals surface area (Å²) in [5, 5.41) is 13.6. The van der Waals surface area contributed by atoms with E-state index < -0.39 is 0 Å². The molecule has 0 aliphatic heterocycles. The molecule has 0 bridgehead atoms. The summed E-state index contributed by atoms with van der Waals surface area (Å²) in [5.74, 6) is 0.961. The summed E-state index contributed by atoms with van der Waals surface area (Å²) < 4.78 is 5.75. The van der Waals surface area contributed by atoms with Crippen molar-refractivity contribution in [1.29, 1.82) is 0 Å². The highest BCUT2D eigenvalue weighted by atomic mass is 35.5. The van der Waals surface area contributed by atoms with Gasteiger partial charge >= 0.3 is 0 Å². The Balaban J connectivity index is 1.42. The predicted octanol–water partition coefficient (Wildman–Crippen LogP) is 6.27. The zero-order chi connectivity index (χ0) is 20.7. The van der Waals surface area contributed by atoms with Gasteiger partial charge in [-0.25, -0.2) is 4.98 Å². The van der Waals surface area contributed by atoms with Crippen LogP contribution in [-0.4, -0.2) is 20.2 Å². The van der Waals surface area contributed by atoms with E-state index in [-0.39, 0.29) is 10.8 Å². The maximum atomic E-state index is 12.8. The van der Waals surface area contributed by atoms with E-state index in [1.807, 2.05) is 41.9 Å². The molecule has 4 aromatic heterocycles. The van der Waals surface area contributed by atoms with Crippen LogP contribution in [0.25, 0.3) is 32.1 Å². The molecule has 6 nitrogen and oxygen atoms in total. The number of rotatable bonds is 5. The third kappa shape index (κ3) is 3.69. The molecule has 0 saturated heterocycles. The molecular weight excluding hydrogens is 460 g/mol. The van der Waals surface area contributed by atoms with Crippen LogP contribution < -0.4 is 5.56 Å². The highest BCUT2D eigenvalue weighted by Crippen LogP contribution is 2.37. The van der Waals surface area contributed by atoms with Gasteiger partial charge in [0.1, 0.15) is 10.7 Å². The number of aromatic amines is 1. The van der Waals surface area contributed by atoms with Crippen molar-refractivity contribution in [3.8, 4) is 21.9 Å². The first-order chi connectivity index (χ1) is 14.6. The second-order valence-corrected chi connectivity index (χ2v) is 9.94. The van der Waals surface area contributed by atoms with Crippen LogP contribution in [0.1, 0.15) is 18.0 Å². The average Bonchev–Trinajstić information content (AvgIpc) is 3.48. The molecule has 0 saturated carbocycles. The first kappa shape index (κ1) is 19.5. The molecule has 0 amide bonds. The number of nitrogens with zero attached hydrogens (tertiary/aromatic N) is 3. The van der Waals surface area contributed by atoms with E-state index in [1.165, 1.54) is 23.1 Å². The first-order valence-corrected chi connectivity index (χ1v) is 11.9. The predicted molar refractivity (Wildman–Crippen MR) is 123 cm³/mol. The SMILES string of the molecule is CC(Sc1nnc(-c2cccc(Cl)c2)o1)c1nc2scc(-c3cccs3)c2c(=O)[nH]1. The summed E-state index contributed by atoms with van der Waals surface area (Å²) in [7, 11) is 0. The monoisotopic (exact) mass is 472 g/mol. The van der Waals surface area contributed by atoms with Crippen molar-refractivity contribution in [3.63, 3.8) is 0 Å². The largest absolute Gasteiger partial charge is 0.411 e.